The van der Waals surface area contributed by atoms with Gasteiger partial charge in [-0.25, -0.2) is 14.6 Å². The van der Waals surface area contributed by atoms with Crippen LogP contribution in [-0.4, -0.2) is 61.4 Å². The van der Waals surface area contributed by atoms with Gasteiger partial charge in [0, 0.05) is 29.3 Å². The fourth-order valence-corrected chi connectivity index (χ4v) is 5.11. The van der Waals surface area contributed by atoms with E-state index in [9.17, 15) is 19.5 Å². The molecule has 1 aliphatic rings. The first kappa shape index (κ1) is 32.7. The number of anilines is 1. The molecule has 1 aromatic carbocycles. The van der Waals surface area contributed by atoms with Crippen molar-refractivity contribution in [3.63, 3.8) is 0 Å². The molecule has 1 unspecified atom stereocenters. The second-order valence-electron chi connectivity index (χ2n) is 8.33. The molecule has 0 aromatic heterocycles. The monoisotopic (exact) mass is 619 g/mol. The number of nitrogens with zero attached hydrogens (tertiary/aromatic N) is 3. The molecular weight excluding hydrogens is 596 g/mol. The van der Waals surface area contributed by atoms with Crippen LogP contribution in [0.15, 0.2) is 32.8 Å². The molecule has 0 spiro atoms. The topological polar surface area (TPSA) is 111 Å². The molecule has 0 fully saturated rings. The molecule has 8 nitrogen and oxygen atoms in total. The molecule has 200 valence electrons. The van der Waals surface area contributed by atoms with Crippen molar-refractivity contribution in [3.8, 4) is 0 Å². The van der Waals surface area contributed by atoms with E-state index in [0.717, 1.165) is 16.8 Å². The van der Waals surface area contributed by atoms with Gasteiger partial charge in [0.1, 0.15) is 10.2 Å². The average Bonchev–Trinajstić information content (AvgIpc) is 3.11. The summed E-state index contributed by atoms with van der Waals surface area (Å²) in [4.78, 5) is 36.2. The Hall–Kier alpha value is -1.36. The number of carbonyl (C=O) groups excluding carboxylic acids is 1. The van der Waals surface area contributed by atoms with Crippen molar-refractivity contribution in [2.45, 2.75) is 58.7 Å². The van der Waals surface area contributed by atoms with Crippen molar-refractivity contribution in [2.24, 2.45) is 5.10 Å². The van der Waals surface area contributed by atoms with Crippen LogP contribution in [0.5, 0.6) is 0 Å². The number of benzene rings is 1. The Morgan fingerprint density at radius 2 is 1.67 bits per heavy atom. The fourth-order valence-electron chi connectivity index (χ4n) is 3.20. The molecular formula is C22H26Cl5N3O5S. The van der Waals surface area contributed by atoms with Gasteiger partial charge in [-0.3, -0.25) is 4.79 Å². The summed E-state index contributed by atoms with van der Waals surface area (Å²) in [5.74, 6) is -2.15. The van der Waals surface area contributed by atoms with E-state index in [4.69, 9.17) is 63.1 Å². The minimum atomic E-state index is -1.51. The second kappa shape index (κ2) is 14.0. The van der Waals surface area contributed by atoms with Crippen molar-refractivity contribution in [2.75, 3.05) is 10.8 Å². The first-order valence-electron chi connectivity index (χ1n) is 10.5. The molecule has 2 N–H and O–H groups in total. The number of carbonyl (C=O) groups is 3. The summed E-state index contributed by atoms with van der Waals surface area (Å²) in [6.45, 7) is 9.30. The Balaban J connectivity index is 0.000000371. The number of halogens is 5. The average molecular weight is 622 g/mol. The van der Waals surface area contributed by atoms with Gasteiger partial charge in [-0.05, 0) is 52.8 Å². The lowest BCUT2D eigenvalue weighted by atomic mass is 9.95. The molecule has 1 amide bonds. The van der Waals surface area contributed by atoms with Crippen LogP contribution in [0.4, 0.5) is 10.5 Å². The highest BCUT2D eigenvalue weighted by Crippen LogP contribution is 2.38. The summed E-state index contributed by atoms with van der Waals surface area (Å²) in [6.07, 6.45) is -0.226. The van der Waals surface area contributed by atoms with Crippen LogP contribution in [0.2, 0.25) is 10.0 Å². The van der Waals surface area contributed by atoms with Crippen LogP contribution in [0.3, 0.4) is 0 Å². The molecule has 0 saturated heterocycles. The van der Waals surface area contributed by atoms with Gasteiger partial charge in [0.25, 0.3) is 5.24 Å². The third-order valence-corrected chi connectivity index (χ3v) is 7.46. The largest absolute Gasteiger partial charge is 0.479 e. The number of amides is 1. The molecule has 2 rings (SSSR count). The van der Waals surface area contributed by atoms with Crippen molar-refractivity contribution < 1.29 is 24.6 Å². The van der Waals surface area contributed by atoms with Crippen molar-refractivity contribution in [1.29, 1.82) is 0 Å². The van der Waals surface area contributed by atoms with Crippen LogP contribution in [0.1, 0.15) is 41.0 Å². The second-order valence-corrected chi connectivity index (χ2v) is 11.5. The van der Waals surface area contributed by atoms with E-state index in [-0.39, 0.29) is 44.7 Å². The van der Waals surface area contributed by atoms with Gasteiger partial charge >= 0.3 is 11.9 Å². The van der Waals surface area contributed by atoms with Crippen molar-refractivity contribution in [3.05, 3.63) is 37.8 Å². The van der Waals surface area contributed by atoms with E-state index in [1.165, 1.54) is 25.1 Å². The lowest BCUT2D eigenvalue weighted by molar-refractivity contribution is -0.142. The van der Waals surface area contributed by atoms with E-state index < -0.39 is 17.5 Å². The third-order valence-electron chi connectivity index (χ3n) is 4.90. The Labute approximate surface area is 239 Å². The minimum Gasteiger partial charge on any atom is -0.479 e. The summed E-state index contributed by atoms with van der Waals surface area (Å²) in [7, 11) is 0. The Kier molecular flexibility index (Phi) is 12.7. The van der Waals surface area contributed by atoms with E-state index in [1.54, 1.807) is 4.90 Å². The molecule has 1 heterocycles. The van der Waals surface area contributed by atoms with E-state index in [2.05, 4.69) is 5.10 Å². The summed E-state index contributed by atoms with van der Waals surface area (Å²) in [6, 6.07) is 4.79. The summed E-state index contributed by atoms with van der Waals surface area (Å²) in [5, 5.41) is 24.2. The molecule has 0 bridgehead atoms. The van der Waals surface area contributed by atoms with Gasteiger partial charge in [0.05, 0.1) is 15.7 Å². The molecule has 1 aromatic rings. The Morgan fingerprint density at radius 3 is 2.08 bits per heavy atom. The molecule has 1 aliphatic heterocycles. The van der Waals surface area contributed by atoms with Crippen LogP contribution in [0.25, 0.3) is 0 Å². The van der Waals surface area contributed by atoms with Crippen LogP contribution >= 0.6 is 69.8 Å². The van der Waals surface area contributed by atoms with Gasteiger partial charge in [-0.2, -0.15) is 5.10 Å². The van der Waals surface area contributed by atoms with Gasteiger partial charge in [-0.15, -0.1) is 0 Å². The number of hydrogen-bond acceptors (Lipinski definition) is 6. The van der Waals surface area contributed by atoms with E-state index >= 15 is 0 Å². The predicted molar refractivity (Wildman–Crippen MR) is 149 cm³/mol. The van der Waals surface area contributed by atoms with Crippen LogP contribution < -0.4 is 5.01 Å². The molecule has 1 atom stereocenters. The summed E-state index contributed by atoms with van der Waals surface area (Å²) < 4.78 is 0.0163. The highest BCUT2D eigenvalue weighted by Gasteiger charge is 2.48. The highest BCUT2D eigenvalue weighted by atomic mass is 35.5. The van der Waals surface area contributed by atoms with Gasteiger partial charge in [-0.1, -0.05) is 69.8 Å². The van der Waals surface area contributed by atoms with Crippen LogP contribution in [-0.2, 0) is 9.59 Å². The number of carboxylic acids is 2. The third kappa shape index (κ3) is 8.60. The number of aliphatic carboxylic acids is 2. The van der Waals surface area contributed by atoms with Crippen LogP contribution in [0, 0.1) is 0 Å². The fraction of sp³-hybridized carbons (Fsp3) is 0.455. The first-order chi connectivity index (χ1) is 16.5. The molecule has 0 radical (unpaired) electrons. The zero-order chi connectivity index (χ0) is 28.0. The van der Waals surface area contributed by atoms with Gasteiger partial charge in [0.2, 0.25) is 0 Å². The van der Waals surface area contributed by atoms with Gasteiger partial charge < -0.3 is 15.1 Å². The maximum atomic E-state index is 11.9. The number of hydrazone groups is 1. The highest BCUT2D eigenvalue weighted by molar-refractivity contribution is 8.13. The number of carboxylic acid groups (broad SMARTS) is 2. The lowest BCUT2D eigenvalue weighted by Gasteiger charge is -2.30. The lowest BCUT2D eigenvalue weighted by Crippen LogP contribution is -2.47. The number of hydrogen-bond donors (Lipinski definition) is 2. The molecule has 14 heteroatoms. The Morgan fingerprint density at radius 1 is 1.11 bits per heavy atom. The Bertz CT molecular complexity index is 1050. The summed E-state index contributed by atoms with van der Waals surface area (Å²) in [5.41, 5.74) is -1.45. The SMILES string of the molecule is CC(C)N(C(=O)SCC(Cl)=C(Cl)Cl)C(C)C.CC1(C(=O)O)CC(C(=O)O)=NN1c1ccc(Cl)cc1Cl. The quantitative estimate of drug-likeness (QED) is 0.328. The minimum absolute atomic E-state index is 0.0160. The number of thioether (sulfide) groups is 1. The maximum absolute atomic E-state index is 11.9. The summed E-state index contributed by atoms with van der Waals surface area (Å²) >= 11 is 29.7. The van der Waals surface area contributed by atoms with Crippen molar-refractivity contribution >= 4 is 98.3 Å². The molecule has 0 saturated carbocycles. The van der Waals surface area contributed by atoms with E-state index in [0.29, 0.717) is 15.8 Å². The van der Waals surface area contributed by atoms with Gasteiger partial charge in [0.15, 0.2) is 5.54 Å². The maximum Gasteiger partial charge on any atom is 0.352 e. The normalized spacial score (nSPS) is 16.9. The molecule has 0 aliphatic carbocycles. The smallest absolute Gasteiger partial charge is 0.352 e. The molecule has 36 heavy (non-hydrogen) atoms. The van der Waals surface area contributed by atoms with Crippen molar-refractivity contribution in [1.82, 2.24) is 4.90 Å². The standard InChI is InChI=1S/C12H10Cl2N2O4.C10H16Cl3NOS/c1-12(11(19)20)5-8(10(17)18)15-16(12)9-3-2-6(13)4-7(9)14;1-6(2)14(7(3)4)10(15)16-5-8(11)9(12)13/h2-4H,5H2,1H3,(H,17,18)(H,19,20);6-7H,5H2,1-4H3. The number of rotatable bonds is 7. The predicted octanol–water partition coefficient (Wildman–Crippen LogP) is 7.33. The zero-order valence-electron chi connectivity index (χ0n) is 20.1. The first-order valence-corrected chi connectivity index (χ1v) is 13.3. The zero-order valence-corrected chi connectivity index (χ0v) is 24.7. The van der Waals surface area contributed by atoms with E-state index in [1.807, 2.05) is 27.7 Å².